The van der Waals surface area contributed by atoms with Crippen LogP contribution in [0.25, 0.3) is 0 Å². The Bertz CT molecular complexity index is 548. The molecule has 0 saturated carbocycles. The zero-order valence-electron chi connectivity index (χ0n) is 11.7. The van der Waals surface area contributed by atoms with Crippen molar-refractivity contribution in [2.45, 2.75) is 32.9 Å². The molecule has 1 N–H and O–H groups in total. The van der Waals surface area contributed by atoms with Crippen LogP contribution in [0.3, 0.4) is 0 Å². The molecular formula is C15H19BrFN3. The lowest BCUT2D eigenvalue weighted by Gasteiger charge is -2.21. The highest BCUT2D eigenvalue weighted by Gasteiger charge is 2.23. The fraction of sp³-hybridized carbons (Fsp3) is 0.400. The zero-order valence-corrected chi connectivity index (χ0v) is 13.3. The van der Waals surface area contributed by atoms with Gasteiger partial charge in [0.25, 0.3) is 0 Å². The van der Waals surface area contributed by atoms with E-state index in [1.54, 1.807) is 12.3 Å². The standard InChI is InChI=1S/C15H19BrFN3/c1-3-8-18-14(15-19-9-10-20(15)4-2)13-11(16)6-5-7-12(13)17/h5-7,9-10,14,18H,3-4,8H2,1-2H3. The Hall–Kier alpha value is -1.20. The van der Waals surface area contributed by atoms with Crippen LogP contribution in [-0.2, 0) is 6.54 Å². The third-order valence-corrected chi connectivity index (χ3v) is 3.92. The van der Waals surface area contributed by atoms with Crippen LogP contribution in [0.2, 0.25) is 0 Å². The van der Waals surface area contributed by atoms with Crippen LogP contribution in [-0.4, -0.2) is 16.1 Å². The molecule has 108 valence electrons. The minimum absolute atomic E-state index is 0.223. The maximum atomic E-state index is 14.2. The van der Waals surface area contributed by atoms with Gasteiger partial charge in [0.05, 0.1) is 6.04 Å². The van der Waals surface area contributed by atoms with Gasteiger partial charge in [-0.25, -0.2) is 9.37 Å². The molecule has 2 aromatic rings. The molecule has 0 amide bonds. The lowest BCUT2D eigenvalue weighted by atomic mass is 10.1. The zero-order chi connectivity index (χ0) is 14.5. The maximum Gasteiger partial charge on any atom is 0.130 e. The normalized spacial score (nSPS) is 12.6. The molecule has 0 aliphatic rings. The summed E-state index contributed by atoms with van der Waals surface area (Å²) in [5.41, 5.74) is 0.613. The lowest BCUT2D eigenvalue weighted by Crippen LogP contribution is -2.27. The number of nitrogens with one attached hydrogen (secondary N) is 1. The number of nitrogens with zero attached hydrogens (tertiary/aromatic N) is 2. The summed E-state index contributed by atoms with van der Waals surface area (Å²) in [5, 5.41) is 3.39. The Kier molecular flexibility index (Phi) is 5.31. The van der Waals surface area contributed by atoms with Gasteiger partial charge in [-0.05, 0) is 32.0 Å². The third kappa shape index (κ3) is 3.10. The second kappa shape index (κ2) is 6.99. The minimum Gasteiger partial charge on any atom is -0.334 e. The van der Waals surface area contributed by atoms with E-state index in [1.165, 1.54) is 6.07 Å². The molecule has 0 aliphatic carbocycles. The van der Waals surface area contributed by atoms with Crippen molar-refractivity contribution in [3.8, 4) is 0 Å². The first-order valence-corrected chi connectivity index (χ1v) is 7.66. The topological polar surface area (TPSA) is 29.9 Å². The van der Waals surface area contributed by atoms with Gasteiger partial charge in [0.15, 0.2) is 0 Å². The number of aryl methyl sites for hydroxylation is 1. The molecule has 0 fully saturated rings. The van der Waals surface area contributed by atoms with E-state index < -0.39 is 0 Å². The van der Waals surface area contributed by atoms with Gasteiger partial charge < -0.3 is 9.88 Å². The van der Waals surface area contributed by atoms with Crippen molar-refractivity contribution in [1.29, 1.82) is 0 Å². The molecule has 5 heteroatoms. The quantitative estimate of drug-likeness (QED) is 0.865. The van der Waals surface area contributed by atoms with E-state index in [-0.39, 0.29) is 11.9 Å². The Morgan fingerprint density at radius 1 is 1.40 bits per heavy atom. The summed E-state index contributed by atoms with van der Waals surface area (Å²) in [5.74, 6) is 0.616. The van der Waals surface area contributed by atoms with Gasteiger partial charge in [0.1, 0.15) is 11.6 Å². The molecule has 0 radical (unpaired) electrons. The first kappa shape index (κ1) is 15.2. The summed E-state index contributed by atoms with van der Waals surface area (Å²) < 4.78 is 17.0. The molecule has 1 atom stereocenters. The largest absolute Gasteiger partial charge is 0.334 e. The predicted octanol–water partition coefficient (Wildman–Crippen LogP) is 3.89. The first-order chi connectivity index (χ1) is 9.69. The van der Waals surface area contributed by atoms with Crippen molar-refractivity contribution in [2.75, 3.05) is 6.54 Å². The molecule has 20 heavy (non-hydrogen) atoms. The van der Waals surface area contributed by atoms with E-state index >= 15 is 0 Å². The summed E-state index contributed by atoms with van der Waals surface area (Å²) in [4.78, 5) is 4.41. The Balaban J connectivity index is 2.47. The third-order valence-electron chi connectivity index (χ3n) is 3.23. The lowest BCUT2D eigenvalue weighted by molar-refractivity contribution is 0.509. The summed E-state index contributed by atoms with van der Waals surface area (Å²) in [6.07, 6.45) is 4.66. The molecular weight excluding hydrogens is 321 g/mol. The summed E-state index contributed by atoms with van der Waals surface area (Å²) in [7, 11) is 0. The van der Waals surface area contributed by atoms with Gasteiger partial charge in [0, 0.05) is 29.0 Å². The van der Waals surface area contributed by atoms with Gasteiger partial charge in [-0.15, -0.1) is 0 Å². The smallest absolute Gasteiger partial charge is 0.130 e. The summed E-state index contributed by atoms with van der Waals surface area (Å²) in [6.45, 7) is 5.76. The maximum absolute atomic E-state index is 14.2. The highest BCUT2D eigenvalue weighted by molar-refractivity contribution is 9.10. The van der Waals surface area contributed by atoms with Crippen molar-refractivity contribution in [3.63, 3.8) is 0 Å². The SMILES string of the molecule is CCCNC(c1c(F)cccc1Br)c1nccn1CC. The number of imidazole rings is 1. The van der Waals surface area contributed by atoms with Crippen molar-refractivity contribution in [2.24, 2.45) is 0 Å². The van der Waals surface area contributed by atoms with Crippen LogP contribution < -0.4 is 5.32 Å². The molecule has 2 rings (SSSR count). The number of hydrogen-bond acceptors (Lipinski definition) is 2. The molecule has 0 aliphatic heterocycles. The van der Waals surface area contributed by atoms with Crippen LogP contribution in [0.5, 0.6) is 0 Å². The van der Waals surface area contributed by atoms with E-state index in [9.17, 15) is 4.39 Å². The summed E-state index contributed by atoms with van der Waals surface area (Å²) >= 11 is 3.45. The average Bonchev–Trinajstić information content (AvgIpc) is 2.90. The van der Waals surface area contributed by atoms with E-state index in [0.29, 0.717) is 5.56 Å². The molecule has 0 spiro atoms. The van der Waals surface area contributed by atoms with Gasteiger partial charge in [-0.2, -0.15) is 0 Å². The molecule has 3 nitrogen and oxygen atoms in total. The van der Waals surface area contributed by atoms with Crippen LogP contribution >= 0.6 is 15.9 Å². The van der Waals surface area contributed by atoms with Gasteiger partial charge in [-0.3, -0.25) is 0 Å². The molecule has 1 aromatic heterocycles. The molecule has 0 bridgehead atoms. The van der Waals surface area contributed by atoms with Crippen molar-refractivity contribution in [3.05, 3.63) is 52.3 Å². The van der Waals surface area contributed by atoms with Gasteiger partial charge >= 0.3 is 0 Å². The van der Waals surface area contributed by atoms with Gasteiger partial charge in [0.2, 0.25) is 0 Å². The fourth-order valence-electron chi connectivity index (χ4n) is 2.25. The first-order valence-electron chi connectivity index (χ1n) is 6.87. The number of benzene rings is 1. The van der Waals surface area contributed by atoms with Crippen LogP contribution in [0.15, 0.2) is 35.1 Å². The van der Waals surface area contributed by atoms with Crippen LogP contribution in [0.1, 0.15) is 37.7 Å². The van der Waals surface area contributed by atoms with E-state index in [4.69, 9.17) is 0 Å². The summed E-state index contributed by atoms with van der Waals surface area (Å²) in [6, 6.07) is 4.80. The minimum atomic E-state index is -0.250. The highest BCUT2D eigenvalue weighted by Crippen LogP contribution is 2.30. The second-order valence-corrected chi connectivity index (χ2v) is 5.45. The number of aromatic nitrogens is 2. The predicted molar refractivity (Wildman–Crippen MR) is 82.1 cm³/mol. The number of halogens is 2. The second-order valence-electron chi connectivity index (χ2n) is 4.59. The average molecular weight is 340 g/mol. The Morgan fingerprint density at radius 2 is 2.20 bits per heavy atom. The molecule has 1 heterocycles. The van der Waals surface area contributed by atoms with Crippen molar-refractivity contribution < 1.29 is 4.39 Å². The highest BCUT2D eigenvalue weighted by atomic mass is 79.9. The molecule has 0 saturated heterocycles. The molecule has 1 aromatic carbocycles. The van der Waals surface area contributed by atoms with Crippen molar-refractivity contribution >= 4 is 15.9 Å². The van der Waals surface area contributed by atoms with E-state index in [0.717, 1.165) is 29.8 Å². The monoisotopic (exact) mass is 339 g/mol. The Labute approximate surface area is 127 Å². The molecule has 1 unspecified atom stereocenters. The van der Waals surface area contributed by atoms with E-state index in [2.05, 4.69) is 40.1 Å². The number of rotatable bonds is 6. The fourth-order valence-corrected chi connectivity index (χ4v) is 2.82. The van der Waals surface area contributed by atoms with Gasteiger partial charge in [-0.1, -0.05) is 28.9 Å². The van der Waals surface area contributed by atoms with E-state index in [1.807, 2.05) is 16.8 Å². The van der Waals surface area contributed by atoms with Crippen molar-refractivity contribution in [1.82, 2.24) is 14.9 Å². The Morgan fingerprint density at radius 3 is 2.85 bits per heavy atom. The number of hydrogen-bond donors (Lipinski definition) is 1. The van der Waals surface area contributed by atoms with Crippen LogP contribution in [0, 0.1) is 5.82 Å². The van der Waals surface area contributed by atoms with Crippen LogP contribution in [0.4, 0.5) is 4.39 Å².